The van der Waals surface area contributed by atoms with Crippen LogP contribution in [-0.4, -0.2) is 41.1 Å². The van der Waals surface area contributed by atoms with Crippen molar-refractivity contribution >= 4 is 35.9 Å². The largest absolute Gasteiger partial charge is 0.341 e. The van der Waals surface area contributed by atoms with Crippen LogP contribution in [0.4, 0.5) is 11.9 Å². The van der Waals surface area contributed by atoms with E-state index < -0.39 is 0 Å². The van der Waals surface area contributed by atoms with Gasteiger partial charge in [0, 0.05) is 26.2 Å². The third-order valence-corrected chi connectivity index (χ3v) is 2.85. The molecule has 5 nitrogen and oxygen atoms in total. The first-order valence-corrected chi connectivity index (χ1v) is 6.45. The number of halogens is 2. The smallest absolute Gasteiger partial charge is 0.231 e. The van der Waals surface area contributed by atoms with Crippen molar-refractivity contribution in [3.8, 4) is 0 Å². The summed E-state index contributed by atoms with van der Waals surface area (Å²) in [4.78, 5) is 16.9. The second kappa shape index (κ2) is 8.32. The molecule has 0 saturated carbocycles. The highest BCUT2D eigenvalue weighted by molar-refractivity contribution is 6.28. The summed E-state index contributed by atoms with van der Waals surface area (Å²) in [7, 11) is 0. The Hall–Kier alpha value is -0.810. The van der Waals surface area contributed by atoms with E-state index in [1.165, 1.54) is 0 Å². The van der Waals surface area contributed by atoms with E-state index in [1.54, 1.807) is 0 Å². The normalized spacial score (nSPS) is 9.83. The van der Waals surface area contributed by atoms with Gasteiger partial charge in [-0.15, -0.1) is 12.4 Å². The number of rotatable bonds is 6. The van der Waals surface area contributed by atoms with Gasteiger partial charge in [0.1, 0.15) is 0 Å². The van der Waals surface area contributed by atoms with Gasteiger partial charge in [0.05, 0.1) is 0 Å². The van der Waals surface area contributed by atoms with Gasteiger partial charge in [-0.1, -0.05) is 0 Å². The predicted molar refractivity (Wildman–Crippen MR) is 79.2 cm³/mol. The maximum absolute atomic E-state index is 5.95. The van der Waals surface area contributed by atoms with E-state index in [0.717, 1.165) is 26.2 Å². The molecule has 1 rings (SSSR count). The van der Waals surface area contributed by atoms with Crippen LogP contribution in [0.5, 0.6) is 0 Å². The van der Waals surface area contributed by atoms with Crippen LogP contribution < -0.4 is 9.80 Å². The molecule has 0 saturated heterocycles. The quantitative estimate of drug-likeness (QED) is 0.807. The molecule has 0 bridgehead atoms. The van der Waals surface area contributed by atoms with Crippen LogP contribution >= 0.6 is 24.0 Å². The summed E-state index contributed by atoms with van der Waals surface area (Å²) in [5.74, 6) is 1.30. The Morgan fingerprint density at radius 3 is 1.39 bits per heavy atom. The highest BCUT2D eigenvalue weighted by Crippen LogP contribution is 2.16. The minimum atomic E-state index is 0. The van der Waals surface area contributed by atoms with Crippen LogP contribution in [0.2, 0.25) is 5.28 Å². The van der Waals surface area contributed by atoms with Crippen molar-refractivity contribution in [2.45, 2.75) is 27.7 Å². The van der Waals surface area contributed by atoms with Crippen molar-refractivity contribution in [1.29, 1.82) is 0 Å². The summed E-state index contributed by atoms with van der Waals surface area (Å²) in [6, 6.07) is 0. The molecule has 18 heavy (non-hydrogen) atoms. The Labute approximate surface area is 120 Å². The van der Waals surface area contributed by atoms with Gasteiger partial charge in [-0.2, -0.15) is 15.0 Å². The van der Waals surface area contributed by atoms with Gasteiger partial charge in [-0.25, -0.2) is 0 Å². The number of aromatic nitrogens is 3. The summed E-state index contributed by atoms with van der Waals surface area (Å²) < 4.78 is 0. The van der Waals surface area contributed by atoms with Gasteiger partial charge in [0.2, 0.25) is 17.2 Å². The third-order valence-electron chi connectivity index (χ3n) is 2.68. The Kier molecular flexibility index (Phi) is 7.95. The molecule has 0 atom stereocenters. The highest BCUT2D eigenvalue weighted by atomic mass is 35.5. The fourth-order valence-corrected chi connectivity index (χ4v) is 1.78. The second-order valence-corrected chi connectivity index (χ2v) is 3.89. The Bertz CT molecular complexity index is 323. The first-order valence-electron chi connectivity index (χ1n) is 6.07. The van der Waals surface area contributed by atoms with Crippen LogP contribution in [0.3, 0.4) is 0 Å². The molecule has 1 heterocycles. The van der Waals surface area contributed by atoms with Crippen molar-refractivity contribution in [3.05, 3.63) is 5.28 Å². The molecule has 0 radical (unpaired) electrons. The van der Waals surface area contributed by atoms with Gasteiger partial charge in [0.15, 0.2) is 0 Å². The summed E-state index contributed by atoms with van der Waals surface area (Å²) in [6.45, 7) is 11.7. The van der Waals surface area contributed by atoms with E-state index in [1.807, 2.05) is 0 Å². The van der Waals surface area contributed by atoms with Crippen molar-refractivity contribution in [2.75, 3.05) is 36.0 Å². The van der Waals surface area contributed by atoms with E-state index in [2.05, 4.69) is 52.4 Å². The minimum Gasteiger partial charge on any atom is -0.341 e. The van der Waals surface area contributed by atoms with Crippen LogP contribution in [0, 0.1) is 0 Å². The van der Waals surface area contributed by atoms with E-state index in [0.29, 0.717) is 11.9 Å². The lowest BCUT2D eigenvalue weighted by atomic mass is 10.5. The molecule has 104 valence electrons. The Morgan fingerprint density at radius 2 is 1.11 bits per heavy atom. The van der Waals surface area contributed by atoms with Gasteiger partial charge in [0.25, 0.3) is 0 Å². The summed E-state index contributed by atoms with van der Waals surface area (Å²) in [5.41, 5.74) is 0. The van der Waals surface area contributed by atoms with Crippen molar-refractivity contribution in [1.82, 2.24) is 15.0 Å². The lowest BCUT2D eigenvalue weighted by molar-refractivity contribution is 0.776. The Balaban J connectivity index is 0.00000289. The maximum Gasteiger partial charge on any atom is 0.231 e. The number of nitrogens with zero attached hydrogens (tertiary/aromatic N) is 5. The molecule has 0 aromatic carbocycles. The topological polar surface area (TPSA) is 45.2 Å². The average molecular weight is 294 g/mol. The van der Waals surface area contributed by atoms with E-state index in [9.17, 15) is 0 Å². The zero-order valence-electron chi connectivity index (χ0n) is 11.4. The lowest BCUT2D eigenvalue weighted by Gasteiger charge is -2.22. The molecule has 0 N–H and O–H groups in total. The molecule has 0 aliphatic heterocycles. The fraction of sp³-hybridized carbons (Fsp3) is 0.727. The molecular weight excluding hydrogens is 273 g/mol. The molecule has 7 heteroatoms. The molecule has 1 aromatic rings. The van der Waals surface area contributed by atoms with E-state index >= 15 is 0 Å². The summed E-state index contributed by atoms with van der Waals surface area (Å²) in [6.07, 6.45) is 0. The highest BCUT2D eigenvalue weighted by Gasteiger charge is 2.13. The minimum absolute atomic E-state index is 0. The van der Waals surface area contributed by atoms with Gasteiger partial charge < -0.3 is 9.80 Å². The molecule has 0 aliphatic rings. The molecule has 0 spiro atoms. The van der Waals surface area contributed by atoms with E-state index in [-0.39, 0.29) is 17.7 Å². The molecule has 0 amide bonds. The van der Waals surface area contributed by atoms with Crippen LogP contribution in [-0.2, 0) is 0 Å². The molecule has 1 aromatic heterocycles. The zero-order valence-corrected chi connectivity index (χ0v) is 12.9. The van der Waals surface area contributed by atoms with Crippen molar-refractivity contribution in [3.63, 3.8) is 0 Å². The summed E-state index contributed by atoms with van der Waals surface area (Å²) >= 11 is 5.95. The number of hydrogen-bond donors (Lipinski definition) is 0. The van der Waals surface area contributed by atoms with Crippen LogP contribution in [0.1, 0.15) is 27.7 Å². The van der Waals surface area contributed by atoms with Crippen molar-refractivity contribution < 1.29 is 0 Å². The molecule has 0 fully saturated rings. The first kappa shape index (κ1) is 17.2. The lowest BCUT2D eigenvalue weighted by Crippen LogP contribution is -2.28. The molecular formula is C11H21Cl2N5. The fourth-order valence-electron chi connectivity index (χ4n) is 1.63. The van der Waals surface area contributed by atoms with Gasteiger partial charge in [-0.05, 0) is 39.3 Å². The second-order valence-electron chi connectivity index (χ2n) is 3.55. The number of hydrogen-bond acceptors (Lipinski definition) is 5. The van der Waals surface area contributed by atoms with Gasteiger partial charge >= 0.3 is 0 Å². The van der Waals surface area contributed by atoms with Gasteiger partial charge in [-0.3, -0.25) is 0 Å². The summed E-state index contributed by atoms with van der Waals surface area (Å²) in [5, 5.41) is 0.254. The monoisotopic (exact) mass is 293 g/mol. The third kappa shape index (κ3) is 4.14. The first-order chi connectivity index (χ1) is 8.15. The number of anilines is 2. The molecule has 0 unspecified atom stereocenters. The SMILES string of the molecule is CCN(CC)c1nc(Cl)nc(N(CC)CC)n1.Cl. The maximum atomic E-state index is 5.95. The predicted octanol–water partition coefficient (Wildman–Crippen LogP) is 2.64. The van der Waals surface area contributed by atoms with Crippen molar-refractivity contribution in [2.24, 2.45) is 0 Å². The Morgan fingerprint density at radius 1 is 0.778 bits per heavy atom. The average Bonchev–Trinajstić information content (AvgIpc) is 2.31. The zero-order chi connectivity index (χ0) is 12.8. The van der Waals surface area contributed by atoms with E-state index in [4.69, 9.17) is 11.6 Å². The molecule has 0 aliphatic carbocycles. The van der Waals surface area contributed by atoms with Crippen LogP contribution in [0.15, 0.2) is 0 Å². The standard InChI is InChI=1S/C11H20ClN5.ClH/c1-5-16(6-2)10-13-9(12)14-11(15-10)17(7-3)8-4;/h5-8H2,1-4H3;1H. The van der Waals surface area contributed by atoms with Crippen LogP contribution in [0.25, 0.3) is 0 Å².